The smallest absolute Gasteiger partial charge is 0.393 e. The van der Waals surface area contributed by atoms with E-state index in [1.54, 1.807) is 0 Å². The molecule has 1 N–H and O–H groups in total. The minimum Gasteiger partial charge on any atom is -0.393 e. The van der Waals surface area contributed by atoms with E-state index in [9.17, 15) is 18.3 Å². The number of hydrogen-bond donors (Lipinski definition) is 1. The van der Waals surface area contributed by atoms with Gasteiger partial charge in [0.15, 0.2) is 0 Å². The van der Waals surface area contributed by atoms with Crippen molar-refractivity contribution in [3.63, 3.8) is 0 Å². The van der Waals surface area contributed by atoms with Crippen molar-refractivity contribution >= 4 is 0 Å². The summed E-state index contributed by atoms with van der Waals surface area (Å²) >= 11 is 0. The van der Waals surface area contributed by atoms with Gasteiger partial charge in [0.05, 0.1) is 6.10 Å². The van der Waals surface area contributed by atoms with Crippen molar-refractivity contribution in [2.75, 3.05) is 13.2 Å². The Morgan fingerprint density at radius 1 is 1.25 bits per heavy atom. The van der Waals surface area contributed by atoms with Crippen LogP contribution in [-0.2, 0) is 4.74 Å². The third kappa shape index (κ3) is 5.70. The van der Waals surface area contributed by atoms with Gasteiger partial charge in [0, 0.05) is 6.61 Å². The van der Waals surface area contributed by atoms with Crippen molar-refractivity contribution in [2.24, 2.45) is 5.92 Å². The summed E-state index contributed by atoms with van der Waals surface area (Å²) in [5.74, 6) is 0.350. The highest BCUT2D eigenvalue weighted by Gasteiger charge is 2.27. The fraction of sp³-hybridized carbons (Fsp3) is 1.00. The molecule has 5 heteroatoms. The van der Waals surface area contributed by atoms with Crippen molar-refractivity contribution < 1.29 is 23.0 Å². The summed E-state index contributed by atoms with van der Waals surface area (Å²) in [6.07, 6.45) is 0.839. The molecule has 1 atom stereocenters. The fourth-order valence-electron chi connectivity index (χ4n) is 2.16. The molecule has 0 aromatic rings. The van der Waals surface area contributed by atoms with Gasteiger partial charge in [-0.05, 0) is 31.6 Å². The van der Waals surface area contributed by atoms with Crippen molar-refractivity contribution in [2.45, 2.75) is 50.8 Å². The summed E-state index contributed by atoms with van der Waals surface area (Å²) in [6.45, 7) is -1.12. The van der Waals surface area contributed by atoms with Gasteiger partial charge in [-0.3, -0.25) is 0 Å². The Morgan fingerprint density at radius 2 is 1.88 bits per heavy atom. The van der Waals surface area contributed by atoms with Crippen molar-refractivity contribution in [3.05, 3.63) is 0 Å². The van der Waals surface area contributed by atoms with Gasteiger partial charge in [0.25, 0.3) is 0 Å². The fourth-order valence-corrected chi connectivity index (χ4v) is 2.16. The second kappa shape index (κ2) is 6.45. The Labute approximate surface area is 93.8 Å². The molecular weight excluding hydrogens is 221 g/mol. The molecule has 0 aromatic carbocycles. The normalized spacial score (nSPS) is 20.2. The Hall–Kier alpha value is -0.290. The van der Waals surface area contributed by atoms with E-state index in [-0.39, 0.29) is 12.7 Å². The Morgan fingerprint density at radius 3 is 2.44 bits per heavy atom. The van der Waals surface area contributed by atoms with Crippen LogP contribution in [0.4, 0.5) is 13.2 Å². The zero-order chi connectivity index (χ0) is 12.0. The minimum atomic E-state index is -4.25. The number of aliphatic hydroxyl groups excluding tert-OH is 1. The molecule has 1 aliphatic rings. The average molecular weight is 240 g/mol. The number of halogens is 3. The average Bonchev–Trinajstić information content (AvgIpc) is 2.67. The van der Waals surface area contributed by atoms with Gasteiger partial charge in [-0.1, -0.05) is 12.8 Å². The molecule has 0 aromatic heterocycles. The monoisotopic (exact) mass is 240 g/mol. The predicted octanol–water partition coefficient (Wildman–Crippen LogP) is 2.90. The van der Waals surface area contributed by atoms with Crippen molar-refractivity contribution in [1.29, 1.82) is 0 Å². The number of rotatable bonds is 6. The van der Waals surface area contributed by atoms with Crippen LogP contribution in [0.2, 0.25) is 0 Å². The van der Waals surface area contributed by atoms with Gasteiger partial charge < -0.3 is 9.84 Å². The summed E-state index contributed by atoms with van der Waals surface area (Å²) in [6, 6.07) is 0. The SMILES string of the molecule is OC(CCCOCC(F)(F)F)C1CCCC1. The second-order valence-electron chi connectivity index (χ2n) is 4.42. The van der Waals surface area contributed by atoms with Gasteiger partial charge in [0.1, 0.15) is 6.61 Å². The molecule has 1 unspecified atom stereocenters. The van der Waals surface area contributed by atoms with Crippen LogP contribution in [0.5, 0.6) is 0 Å². The maximum atomic E-state index is 11.7. The van der Waals surface area contributed by atoms with Crippen LogP contribution in [0.1, 0.15) is 38.5 Å². The zero-order valence-corrected chi connectivity index (χ0v) is 9.30. The van der Waals surface area contributed by atoms with Crippen LogP contribution < -0.4 is 0 Å². The molecule has 0 radical (unpaired) electrons. The van der Waals surface area contributed by atoms with Gasteiger partial charge in [-0.2, -0.15) is 13.2 Å². The van der Waals surface area contributed by atoms with Crippen LogP contribution in [-0.4, -0.2) is 30.6 Å². The van der Waals surface area contributed by atoms with Gasteiger partial charge >= 0.3 is 6.18 Å². The molecule has 2 nitrogen and oxygen atoms in total. The topological polar surface area (TPSA) is 29.5 Å². The lowest BCUT2D eigenvalue weighted by Crippen LogP contribution is -2.20. The van der Waals surface area contributed by atoms with Crippen molar-refractivity contribution in [3.8, 4) is 0 Å². The largest absolute Gasteiger partial charge is 0.411 e. The van der Waals surface area contributed by atoms with Crippen LogP contribution in [0.15, 0.2) is 0 Å². The van der Waals surface area contributed by atoms with Crippen LogP contribution >= 0.6 is 0 Å². The number of hydrogen-bond acceptors (Lipinski definition) is 2. The Balaban J connectivity index is 1.98. The number of ether oxygens (including phenoxy) is 1. The highest BCUT2D eigenvalue weighted by atomic mass is 19.4. The molecule has 0 aliphatic heterocycles. The molecule has 0 saturated heterocycles. The molecule has 0 amide bonds. The van der Waals surface area contributed by atoms with Gasteiger partial charge in [-0.25, -0.2) is 0 Å². The maximum absolute atomic E-state index is 11.7. The molecule has 16 heavy (non-hydrogen) atoms. The number of alkyl halides is 3. The first-order valence-electron chi connectivity index (χ1n) is 5.81. The van der Waals surface area contributed by atoms with Crippen LogP contribution in [0, 0.1) is 5.92 Å². The molecule has 0 bridgehead atoms. The maximum Gasteiger partial charge on any atom is 0.411 e. The molecule has 96 valence electrons. The molecular formula is C11H19F3O2. The minimum absolute atomic E-state index is 0.0727. The highest BCUT2D eigenvalue weighted by Crippen LogP contribution is 2.29. The first kappa shape index (κ1) is 13.8. The Kier molecular flexibility index (Phi) is 5.55. The Bertz CT molecular complexity index is 188. The van der Waals surface area contributed by atoms with Gasteiger partial charge in [-0.15, -0.1) is 0 Å². The zero-order valence-electron chi connectivity index (χ0n) is 9.30. The van der Waals surface area contributed by atoms with E-state index in [1.165, 1.54) is 0 Å². The second-order valence-corrected chi connectivity index (χ2v) is 4.42. The summed E-state index contributed by atoms with van der Waals surface area (Å²) in [4.78, 5) is 0. The van der Waals surface area contributed by atoms with E-state index in [2.05, 4.69) is 4.74 Å². The van der Waals surface area contributed by atoms with Crippen LogP contribution in [0.3, 0.4) is 0 Å². The third-order valence-electron chi connectivity index (χ3n) is 3.00. The molecule has 1 saturated carbocycles. The first-order valence-corrected chi connectivity index (χ1v) is 5.81. The van der Waals surface area contributed by atoms with E-state index in [0.717, 1.165) is 25.7 Å². The van der Waals surface area contributed by atoms with Crippen molar-refractivity contribution in [1.82, 2.24) is 0 Å². The van der Waals surface area contributed by atoms with E-state index >= 15 is 0 Å². The summed E-state index contributed by atoms with van der Waals surface area (Å²) in [5.41, 5.74) is 0. The van der Waals surface area contributed by atoms with E-state index in [1.807, 2.05) is 0 Å². The van der Waals surface area contributed by atoms with Crippen LogP contribution in [0.25, 0.3) is 0 Å². The van der Waals surface area contributed by atoms with E-state index in [4.69, 9.17) is 0 Å². The predicted molar refractivity (Wildman–Crippen MR) is 54.1 cm³/mol. The first-order chi connectivity index (χ1) is 7.49. The molecule has 0 heterocycles. The van der Waals surface area contributed by atoms with E-state index < -0.39 is 12.8 Å². The summed E-state index contributed by atoms with van der Waals surface area (Å²) < 4.78 is 39.6. The molecule has 0 spiro atoms. The summed E-state index contributed by atoms with van der Waals surface area (Å²) in [5, 5.41) is 9.73. The molecule has 1 fully saturated rings. The quantitative estimate of drug-likeness (QED) is 0.723. The third-order valence-corrected chi connectivity index (χ3v) is 3.00. The van der Waals surface area contributed by atoms with E-state index in [0.29, 0.717) is 18.8 Å². The standard InChI is InChI=1S/C11H19F3O2/c12-11(13,14)8-16-7-3-6-10(15)9-4-1-2-5-9/h9-10,15H,1-8H2. The highest BCUT2D eigenvalue weighted by molar-refractivity contribution is 4.74. The summed E-state index contributed by atoms with van der Waals surface area (Å²) in [7, 11) is 0. The number of aliphatic hydroxyl groups is 1. The molecule has 1 rings (SSSR count). The van der Waals surface area contributed by atoms with Gasteiger partial charge in [0.2, 0.25) is 0 Å². The molecule has 1 aliphatic carbocycles. The lowest BCUT2D eigenvalue weighted by atomic mass is 9.97. The lowest BCUT2D eigenvalue weighted by molar-refractivity contribution is -0.174. The lowest BCUT2D eigenvalue weighted by Gasteiger charge is -2.17.